The van der Waals surface area contributed by atoms with Gasteiger partial charge in [-0.15, -0.1) is 0 Å². The molecule has 1 aliphatic carbocycles. The lowest BCUT2D eigenvalue weighted by Crippen LogP contribution is -2.30. The average molecular weight is 234 g/mol. The van der Waals surface area contributed by atoms with E-state index in [1.54, 1.807) is 0 Å². The van der Waals surface area contributed by atoms with Crippen LogP contribution in [0.15, 0.2) is 4.79 Å². The summed E-state index contributed by atoms with van der Waals surface area (Å²) in [5.74, 6) is 0. The van der Waals surface area contributed by atoms with Crippen LogP contribution < -0.4 is 5.69 Å². The van der Waals surface area contributed by atoms with E-state index < -0.39 is 23.7 Å². The van der Waals surface area contributed by atoms with Crippen LogP contribution in [0.5, 0.6) is 0 Å². The smallest absolute Gasteiger partial charge is 0.393 e. The maximum Gasteiger partial charge on any atom is 0.433 e. The van der Waals surface area contributed by atoms with Crippen molar-refractivity contribution in [2.75, 3.05) is 0 Å². The van der Waals surface area contributed by atoms with Crippen molar-refractivity contribution in [3.05, 3.63) is 27.4 Å². The number of fused-ring (bicyclic) bond motifs is 1. The number of rotatable bonds is 0. The minimum absolute atomic E-state index is 0.0918. The predicted octanol–water partition coefficient (Wildman–Crippen LogP) is 0.638. The Hall–Kier alpha value is -1.37. The molecule has 1 aromatic rings. The van der Waals surface area contributed by atoms with E-state index >= 15 is 0 Å². The molecule has 88 valence electrons. The van der Waals surface area contributed by atoms with Gasteiger partial charge in [-0.3, -0.25) is 0 Å². The van der Waals surface area contributed by atoms with Crippen LogP contribution in [-0.2, 0) is 19.0 Å². The number of hydrogen-bond acceptors (Lipinski definition) is 3. The second-order valence-electron chi connectivity index (χ2n) is 3.74. The summed E-state index contributed by atoms with van der Waals surface area (Å²) in [6.45, 7) is 0. The van der Waals surface area contributed by atoms with Crippen LogP contribution in [0, 0.1) is 0 Å². The number of aromatic nitrogens is 2. The molecule has 1 heterocycles. The maximum absolute atomic E-state index is 12.6. The molecule has 7 heteroatoms. The van der Waals surface area contributed by atoms with E-state index in [-0.39, 0.29) is 24.1 Å². The lowest BCUT2D eigenvalue weighted by Gasteiger charge is -2.22. The van der Waals surface area contributed by atoms with Gasteiger partial charge in [0, 0.05) is 17.7 Å². The maximum atomic E-state index is 12.6. The Morgan fingerprint density at radius 1 is 1.44 bits per heavy atom. The van der Waals surface area contributed by atoms with Crippen molar-refractivity contribution in [3.8, 4) is 0 Å². The van der Waals surface area contributed by atoms with Gasteiger partial charge in [0.2, 0.25) is 0 Å². The Morgan fingerprint density at radius 3 is 2.75 bits per heavy atom. The number of nitrogens with zero attached hydrogens (tertiary/aromatic N) is 1. The second kappa shape index (κ2) is 3.58. The largest absolute Gasteiger partial charge is 0.433 e. The van der Waals surface area contributed by atoms with E-state index in [1.807, 2.05) is 0 Å². The number of alkyl halides is 3. The Bertz CT molecular complexity index is 467. The summed E-state index contributed by atoms with van der Waals surface area (Å²) in [5, 5.41) is 9.33. The molecule has 1 aromatic heterocycles. The first-order chi connectivity index (χ1) is 7.38. The zero-order chi connectivity index (χ0) is 11.9. The number of hydrogen-bond donors (Lipinski definition) is 2. The van der Waals surface area contributed by atoms with Gasteiger partial charge in [-0.05, 0) is 12.8 Å². The number of aryl methyl sites for hydroxylation is 1. The molecular formula is C9H9F3N2O2. The number of H-pyrrole nitrogens is 1. The molecule has 0 bridgehead atoms. The van der Waals surface area contributed by atoms with Crippen molar-refractivity contribution in [3.63, 3.8) is 0 Å². The third-order valence-electron chi connectivity index (χ3n) is 2.56. The molecule has 4 nitrogen and oxygen atoms in total. The predicted molar refractivity (Wildman–Crippen MR) is 47.9 cm³/mol. The monoisotopic (exact) mass is 234 g/mol. The number of aliphatic hydroxyl groups excluding tert-OH is 1. The zero-order valence-corrected chi connectivity index (χ0v) is 8.14. The van der Waals surface area contributed by atoms with Crippen LogP contribution in [0.4, 0.5) is 13.2 Å². The van der Waals surface area contributed by atoms with Gasteiger partial charge >= 0.3 is 11.9 Å². The van der Waals surface area contributed by atoms with Crippen LogP contribution in [0.1, 0.15) is 23.4 Å². The molecule has 0 aromatic carbocycles. The van der Waals surface area contributed by atoms with Gasteiger partial charge in [-0.1, -0.05) is 0 Å². The summed E-state index contributed by atoms with van der Waals surface area (Å²) >= 11 is 0. The molecule has 0 radical (unpaired) electrons. The Morgan fingerprint density at radius 2 is 2.12 bits per heavy atom. The molecule has 1 aliphatic rings. The Kier molecular flexibility index (Phi) is 2.49. The fourth-order valence-corrected chi connectivity index (χ4v) is 1.86. The molecule has 0 spiro atoms. The van der Waals surface area contributed by atoms with Gasteiger partial charge in [-0.2, -0.15) is 18.2 Å². The van der Waals surface area contributed by atoms with E-state index in [0.29, 0.717) is 6.42 Å². The Labute approximate surface area is 88.1 Å². The summed E-state index contributed by atoms with van der Waals surface area (Å²) in [4.78, 5) is 16.2. The van der Waals surface area contributed by atoms with E-state index in [0.717, 1.165) is 0 Å². The van der Waals surface area contributed by atoms with Gasteiger partial charge in [0.25, 0.3) is 0 Å². The fraction of sp³-hybridized carbons (Fsp3) is 0.556. The van der Waals surface area contributed by atoms with Crippen molar-refractivity contribution in [1.82, 2.24) is 9.97 Å². The van der Waals surface area contributed by atoms with Crippen molar-refractivity contribution in [2.45, 2.75) is 31.5 Å². The molecule has 2 N–H and O–H groups in total. The third-order valence-corrected chi connectivity index (χ3v) is 2.56. The van der Waals surface area contributed by atoms with E-state index in [1.165, 1.54) is 0 Å². The van der Waals surface area contributed by atoms with Crippen LogP contribution >= 0.6 is 0 Å². The quantitative estimate of drug-likeness (QED) is 0.692. The van der Waals surface area contributed by atoms with Crippen LogP contribution in [-0.4, -0.2) is 21.2 Å². The fourth-order valence-electron chi connectivity index (χ4n) is 1.86. The molecule has 0 saturated heterocycles. The average Bonchev–Trinajstić information content (AvgIpc) is 2.16. The van der Waals surface area contributed by atoms with E-state index in [2.05, 4.69) is 9.97 Å². The number of halogens is 3. The lowest BCUT2D eigenvalue weighted by molar-refractivity contribution is -0.142. The number of nitrogens with one attached hydrogen (secondary N) is 1. The Balaban J connectivity index is 2.60. The van der Waals surface area contributed by atoms with E-state index in [9.17, 15) is 23.1 Å². The molecular weight excluding hydrogens is 225 g/mol. The van der Waals surface area contributed by atoms with Gasteiger partial charge < -0.3 is 10.1 Å². The van der Waals surface area contributed by atoms with Gasteiger partial charge in [0.1, 0.15) is 0 Å². The van der Waals surface area contributed by atoms with Crippen LogP contribution in [0.25, 0.3) is 0 Å². The molecule has 1 atom stereocenters. The highest BCUT2D eigenvalue weighted by Crippen LogP contribution is 2.33. The third kappa shape index (κ3) is 1.95. The van der Waals surface area contributed by atoms with Gasteiger partial charge in [0.05, 0.1) is 6.10 Å². The zero-order valence-electron chi connectivity index (χ0n) is 8.14. The van der Waals surface area contributed by atoms with Gasteiger partial charge in [0.15, 0.2) is 5.69 Å². The summed E-state index contributed by atoms with van der Waals surface area (Å²) < 4.78 is 37.8. The van der Waals surface area contributed by atoms with Crippen LogP contribution in [0.3, 0.4) is 0 Å². The van der Waals surface area contributed by atoms with E-state index in [4.69, 9.17) is 0 Å². The van der Waals surface area contributed by atoms with Crippen molar-refractivity contribution in [1.29, 1.82) is 0 Å². The first-order valence-electron chi connectivity index (χ1n) is 4.75. The SMILES string of the molecule is O=c1nc(C(F)(F)F)c2c([nH]1)CCC(O)C2. The highest BCUT2D eigenvalue weighted by atomic mass is 19.4. The lowest BCUT2D eigenvalue weighted by atomic mass is 9.92. The molecule has 0 aliphatic heterocycles. The molecule has 16 heavy (non-hydrogen) atoms. The number of aromatic amines is 1. The standard InChI is InChI=1S/C9H9F3N2O2/c10-9(11,12)7-5-3-4(15)1-2-6(5)13-8(16)14-7/h4,15H,1-3H2,(H,13,14,16). The highest BCUT2D eigenvalue weighted by Gasteiger charge is 2.38. The number of aliphatic hydroxyl groups is 1. The molecule has 0 fully saturated rings. The molecule has 2 rings (SSSR count). The van der Waals surface area contributed by atoms with Crippen molar-refractivity contribution < 1.29 is 18.3 Å². The summed E-state index contributed by atoms with van der Waals surface area (Å²) in [7, 11) is 0. The first kappa shape index (κ1) is 11.1. The first-order valence-corrected chi connectivity index (χ1v) is 4.75. The van der Waals surface area contributed by atoms with Crippen molar-refractivity contribution in [2.24, 2.45) is 0 Å². The molecule has 0 saturated carbocycles. The van der Waals surface area contributed by atoms with Gasteiger partial charge in [-0.25, -0.2) is 4.79 Å². The minimum Gasteiger partial charge on any atom is -0.393 e. The van der Waals surface area contributed by atoms with Crippen LogP contribution in [0.2, 0.25) is 0 Å². The minimum atomic E-state index is -4.66. The normalized spacial score (nSPS) is 20.6. The highest BCUT2D eigenvalue weighted by molar-refractivity contribution is 5.29. The van der Waals surface area contributed by atoms with Crippen molar-refractivity contribution >= 4 is 0 Å². The molecule has 0 amide bonds. The summed E-state index contributed by atoms with van der Waals surface area (Å²) in [5.41, 5.74) is -2.03. The second-order valence-corrected chi connectivity index (χ2v) is 3.74. The summed E-state index contributed by atoms with van der Waals surface area (Å²) in [6.07, 6.45) is -4.99. The molecule has 1 unspecified atom stereocenters. The summed E-state index contributed by atoms with van der Waals surface area (Å²) in [6, 6.07) is 0. The topological polar surface area (TPSA) is 66.0 Å².